The van der Waals surface area contributed by atoms with E-state index in [-0.39, 0.29) is 17.7 Å². The van der Waals surface area contributed by atoms with Gasteiger partial charge in [-0.25, -0.2) is 9.37 Å². The van der Waals surface area contributed by atoms with E-state index in [4.69, 9.17) is 0 Å². The van der Waals surface area contributed by atoms with E-state index in [1.807, 2.05) is 0 Å². The van der Waals surface area contributed by atoms with Crippen LogP contribution in [0.3, 0.4) is 0 Å². The quantitative estimate of drug-likeness (QED) is 0.817. The standard InChI is InChI=1S/C20H26FN3O2S/c21-16-9-15-17(10-18(16)22-12-3-1-2-4-12)23-19(24-20(15)26)11-27-14-7-5-13(25)6-8-14/h9-10,12-14,16,25H,1-8,11H2,(H,23,24,26). The molecule has 1 heterocycles. The van der Waals surface area contributed by atoms with Crippen LogP contribution in [0, 0.1) is 0 Å². The molecule has 5 nitrogen and oxygen atoms in total. The zero-order valence-corrected chi connectivity index (χ0v) is 16.2. The lowest BCUT2D eigenvalue weighted by Gasteiger charge is -2.24. The number of thioether (sulfide) groups is 1. The van der Waals surface area contributed by atoms with Crippen molar-refractivity contribution in [2.75, 3.05) is 0 Å². The van der Waals surface area contributed by atoms with E-state index in [9.17, 15) is 14.3 Å². The molecule has 3 aliphatic rings. The van der Waals surface area contributed by atoms with Gasteiger partial charge in [0.2, 0.25) is 0 Å². The first-order chi connectivity index (χ1) is 13.1. The number of H-pyrrole nitrogens is 1. The third kappa shape index (κ3) is 4.51. The van der Waals surface area contributed by atoms with E-state index in [1.54, 1.807) is 17.8 Å². The number of aliphatic hydroxyl groups is 1. The molecule has 146 valence electrons. The number of aromatic amines is 1. The minimum absolute atomic E-state index is 0.167. The summed E-state index contributed by atoms with van der Waals surface area (Å²) in [5.74, 6) is 1.24. The first-order valence-corrected chi connectivity index (χ1v) is 11.0. The number of hydrogen-bond donors (Lipinski definition) is 2. The zero-order valence-electron chi connectivity index (χ0n) is 15.4. The third-order valence-corrected chi connectivity index (χ3v) is 7.05. The maximum Gasteiger partial charge on any atom is 0.258 e. The summed E-state index contributed by atoms with van der Waals surface area (Å²) in [5, 5.41) is 10.9. The second-order valence-electron chi connectivity index (χ2n) is 7.76. The Labute approximate surface area is 161 Å². The summed E-state index contributed by atoms with van der Waals surface area (Å²) in [4.78, 5) is 24.3. The molecule has 7 heteroatoms. The molecule has 4 rings (SSSR count). The molecule has 1 atom stereocenters. The molecule has 2 N–H and O–H groups in total. The first-order valence-electron chi connectivity index (χ1n) is 9.93. The van der Waals surface area contributed by atoms with Crippen LogP contribution in [0.15, 0.2) is 9.79 Å². The summed E-state index contributed by atoms with van der Waals surface area (Å²) in [7, 11) is 0. The molecule has 2 saturated carbocycles. The largest absolute Gasteiger partial charge is 0.393 e. The molecule has 1 unspecified atom stereocenters. The van der Waals surface area contributed by atoms with Gasteiger partial charge in [-0.1, -0.05) is 12.8 Å². The number of alkyl halides is 1. The molecule has 2 fully saturated rings. The topological polar surface area (TPSA) is 78.3 Å². The van der Waals surface area contributed by atoms with E-state index in [1.165, 1.54) is 6.08 Å². The van der Waals surface area contributed by atoms with Gasteiger partial charge in [0.25, 0.3) is 5.56 Å². The number of hydrogen-bond acceptors (Lipinski definition) is 5. The highest BCUT2D eigenvalue weighted by molar-refractivity contribution is 7.99. The smallest absolute Gasteiger partial charge is 0.258 e. The van der Waals surface area contributed by atoms with Crippen molar-refractivity contribution in [2.24, 2.45) is 4.99 Å². The number of nitrogens with zero attached hydrogens (tertiary/aromatic N) is 2. The van der Waals surface area contributed by atoms with Gasteiger partial charge in [-0.3, -0.25) is 9.79 Å². The average molecular weight is 392 g/mol. The van der Waals surface area contributed by atoms with E-state index in [0.717, 1.165) is 51.4 Å². The van der Waals surface area contributed by atoms with Crippen LogP contribution < -0.4 is 16.1 Å². The molecule has 0 radical (unpaired) electrons. The summed E-state index contributed by atoms with van der Waals surface area (Å²) in [5.41, 5.74) is 0.112. The van der Waals surface area contributed by atoms with Crippen molar-refractivity contribution in [2.45, 2.75) is 80.7 Å². The second-order valence-corrected chi connectivity index (χ2v) is 9.05. The monoisotopic (exact) mass is 391 g/mol. The Morgan fingerprint density at radius 1 is 1.22 bits per heavy atom. The van der Waals surface area contributed by atoms with Gasteiger partial charge < -0.3 is 10.1 Å². The fraction of sp³-hybridized carbons (Fsp3) is 0.650. The molecule has 3 aliphatic carbocycles. The van der Waals surface area contributed by atoms with Gasteiger partial charge in [-0.2, -0.15) is 11.8 Å². The number of aliphatic imine (C=N–C) groups is 1. The fourth-order valence-corrected chi connectivity index (χ4v) is 5.24. The lowest BCUT2D eigenvalue weighted by atomic mass is 9.97. The second kappa shape index (κ2) is 8.27. The highest BCUT2D eigenvalue weighted by Gasteiger charge is 2.22. The van der Waals surface area contributed by atoms with Crippen molar-refractivity contribution in [3.63, 3.8) is 0 Å². The predicted octanol–water partition coefficient (Wildman–Crippen LogP) is 1.60. The molecule has 0 amide bonds. The fourth-order valence-electron chi connectivity index (χ4n) is 4.10. The molecule has 0 spiro atoms. The molecule has 1 aromatic heterocycles. The SMILES string of the molecule is O=c1[nH]c(CSC2CCC(O)CC2)nc2c1=CC(F)C(=NC1CCCC1)C=2. The molecular formula is C20H26FN3O2S. The van der Waals surface area contributed by atoms with Crippen molar-refractivity contribution in [3.8, 4) is 0 Å². The minimum Gasteiger partial charge on any atom is -0.393 e. The average Bonchev–Trinajstić information content (AvgIpc) is 3.16. The maximum absolute atomic E-state index is 14.5. The van der Waals surface area contributed by atoms with Crippen molar-refractivity contribution in [3.05, 3.63) is 26.7 Å². The normalized spacial score (nSPS) is 30.0. The highest BCUT2D eigenvalue weighted by Crippen LogP contribution is 2.29. The van der Waals surface area contributed by atoms with Gasteiger partial charge in [-0.15, -0.1) is 0 Å². The number of fused-ring (bicyclic) bond motifs is 1. The van der Waals surface area contributed by atoms with Gasteiger partial charge in [-0.05, 0) is 50.7 Å². The number of aliphatic hydroxyl groups excluding tert-OH is 1. The molecule has 0 aliphatic heterocycles. The van der Waals surface area contributed by atoms with Crippen LogP contribution in [0.2, 0.25) is 0 Å². The molecular weight excluding hydrogens is 365 g/mol. The van der Waals surface area contributed by atoms with E-state index in [0.29, 0.717) is 33.1 Å². The van der Waals surface area contributed by atoms with Crippen LogP contribution in [-0.2, 0) is 5.75 Å². The molecule has 0 saturated heterocycles. The van der Waals surface area contributed by atoms with Crippen LogP contribution in [0.4, 0.5) is 4.39 Å². The lowest BCUT2D eigenvalue weighted by molar-refractivity contribution is 0.132. The Morgan fingerprint density at radius 2 is 1.96 bits per heavy atom. The van der Waals surface area contributed by atoms with Crippen LogP contribution in [0.5, 0.6) is 0 Å². The molecule has 0 bridgehead atoms. The Bertz CT molecular complexity index is 883. The minimum atomic E-state index is -1.34. The van der Waals surface area contributed by atoms with Crippen LogP contribution in [0.25, 0.3) is 12.2 Å². The Kier molecular flexibility index (Phi) is 5.78. The lowest BCUT2D eigenvalue weighted by Crippen LogP contribution is -2.48. The zero-order chi connectivity index (χ0) is 18.8. The van der Waals surface area contributed by atoms with E-state index in [2.05, 4.69) is 15.0 Å². The maximum atomic E-state index is 14.5. The van der Waals surface area contributed by atoms with Gasteiger partial charge >= 0.3 is 0 Å². The number of aromatic nitrogens is 2. The summed E-state index contributed by atoms with van der Waals surface area (Å²) >= 11 is 1.77. The predicted molar refractivity (Wildman–Crippen MR) is 107 cm³/mol. The summed E-state index contributed by atoms with van der Waals surface area (Å²) in [6, 6.07) is 0.197. The Morgan fingerprint density at radius 3 is 2.70 bits per heavy atom. The molecule has 1 aromatic rings. The van der Waals surface area contributed by atoms with Gasteiger partial charge in [0.15, 0.2) is 6.17 Å². The molecule has 27 heavy (non-hydrogen) atoms. The number of halogens is 1. The Hall–Kier alpha value is -1.47. The van der Waals surface area contributed by atoms with Crippen molar-refractivity contribution in [1.29, 1.82) is 0 Å². The van der Waals surface area contributed by atoms with Gasteiger partial charge in [0.1, 0.15) is 5.82 Å². The van der Waals surface area contributed by atoms with Crippen LogP contribution in [-0.4, -0.2) is 44.4 Å². The number of rotatable bonds is 4. The Balaban J connectivity index is 1.54. The van der Waals surface area contributed by atoms with Gasteiger partial charge in [0.05, 0.1) is 34.2 Å². The molecule has 0 aromatic carbocycles. The summed E-state index contributed by atoms with van der Waals surface area (Å²) in [6.45, 7) is 0. The highest BCUT2D eigenvalue weighted by atomic mass is 32.2. The van der Waals surface area contributed by atoms with E-state index < -0.39 is 6.17 Å². The summed E-state index contributed by atoms with van der Waals surface area (Å²) < 4.78 is 14.5. The number of nitrogens with one attached hydrogen (secondary N) is 1. The van der Waals surface area contributed by atoms with Crippen LogP contribution >= 0.6 is 11.8 Å². The summed E-state index contributed by atoms with van der Waals surface area (Å²) in [6.07, 6.45) is 9.47. The van der Waals surface area contributed by atoms with E-state index >= 15 is 0 Å². The van der Waals surface area contributed by atoms with Crippen molar-refractivity contribution in [1.82, 2.24) is 9.97 Å². The third-order valence-electron chi connectivity index (χ3n) is 5.67. The first kappa shape index (κ1) is 18.9. The van der Waals surface area contributed by atoms with Crippen molar-refractivity contribution >= 4 is 29.6 Å². The van der Waals surface area contributed by atoms with Crippen molar-refractivity contribution < 1.29 is 9.50 Å². The van der Waals surface area contributed by atoms with Gasteiger partial charge in [0, 0.05) is 5.25 Å². The van der Waals surface area contributed by atoms with Crippen LogP contribution in [0.1, 0.15) is 57.2 Å².